The standard InChI is InChI=1S/C22H24N2O4S/c1-15-4-6-16(7-5-15)19-18(20(25)17-3-2-14-29-17)21(26)22(27)24(19)9-8-23-10-12-28-13-11-23/h2-7,14,19,26H,8-13H2,1H3. The van der Waals surface area contributed by atoms with Gasteiger partial charge in [-0.3, -0.25) is 9.59 Å². The molecule has 4 rings (SSSR count). The Morgan fingerprint density at radius 1 is 1.24 bits per heavy atom. The number of thiophene rings is 1. The van der Waals surface area contributed by atoms with E-state index in [1.54, 1.807) is 22.4 Å². The van der Waals surface area contributed by atoms with E-state index in [9.17, 15) is 14.7 Å². The number of ketones is 1. The molecule has 3 heterocycles. The summed E-state index contributed by atoms with van der Waals surface area (Å²) in [6.45, 7) is 6.32. The van der Waals surface area contributed by atoms with Crippen molar-refractivity contribution < 1.29 is 24.3 Å². The Morgan fingerprint density at radius 2 is 1.97 bits per heavy atom. The third kappa shape index (κ3) is 3.99. The van der Waals surface area contributed by atoms with Crippen molar-refractivity contribution in [1.29, 1.82) is 0 Å². The van der Waals surface area contributed by atoms with E-state index < -0.39 is 17.7 Å². The Balaban J connectivity index is 1.66. The Morgan fingerprint density at radius 3 is 2.62 bits per heavy atom. The number of hydrogen-bond acceptors (Lipinski definition) is 5. The number of carbonyl (C=O) groups is 2. The monoisotopic (exact) mass is 412 g/mol. The lowest BCUT2D eigenvalue weighted by molar-refractivity contribution is -0.907. The summed E-state index contributed by atoms with van der Waals surface area (Å²) in [7, 11) is 0. The second-order valence-corrected chi connectivity index (χ2v) is 8.42. The number of Topliss-reactive ketones (excluding diaryl/α,β-unsaturated/α-hetero) is 1. The molecule has 29 heavy (non-hydrogen) atoms. The summed E-state index contributed by atoms with van der Waals surface area (Å²) >= 11 is 1.29. The van der Waals surface area contributed by atoms with Gasteiger partial charge in [-0.25, -0.2) is 0 Å². The van der Waals surface area contributed by atoms with Gasteiger partial charge in [-0.1, -0.05) is 35.9 Å². The molecule has 7 heteroatoms. The van der Waals surface area contributed by atoms with Crippen molar-refractivity contribution >= 4 is 23.0 Å². The Bertz CT molecular complexity index is 915. The minimum atomic E-state index is -0.675. The predicted molar refractivity (Wildman–Crippen MR) is 108 cm³/mol. The summed E-state index contributed by atoms with van der Waals surface area (Å²) < 4.78 is 5.40. The quantitative estimate of drug-likeness (QED) is 0.695. The fraction of sp³-hybridized carbons (Fsp3) is 0.364. The molecule has 2 aliphatic rings. The number of benzene rings is 1. The van der Waals surface area contributed by atoms with Crippen molar-refractivity contribution in [3.63, 3.8) is 0 Å². The zero-order valence-corrected chi connectivity index (χ0v) is 17.2. The molecule has 0 bridgehead atoms. The summed E-state index contributed by atoms with van der Waals surface area (Å²) in [6.07, 6.45) is 0. The smallest absolute Gasteiger partial charge is 0.240 e. The first-order valence-electron chi connectivity index (χ1n) is 9.84. The van der Waals surface area contributed by atoms with Crippen LogP contribution in [0.15, 0.2) is 53.1 Å². The van der Waals surface area contributed by atoms with Crippen molar-refractivity contribution in [1.82, 2.24) is 4.90 Å². The molecule has 1 atom stereocenters. The average Bonchev–Trinajstić information content (AvgIpc) is 3.36. The van der Waals surface area contributed by atoms with Gasteiger partial charge in [-0.05, 0) is 29.7 Å². The minimum Gasteiger partial charge on any atom is -0.868 e. The van der Waals surface area contributed by atoms with Crippen molar-refractivity contribution in [2.45, 2.75) is 13.0 Å². The molecular weight excluding hydrogens is 388 g/mol. The van der Waals surface area contributed by atoms with Gasteiger partial charge in [0.15, 0.2) is 0 Å². The fourth-order valence-corrected chi connectivity index (χ4v) is 4.60. The molecule has 1 aromatic carbocycles. The van der Waals surface area contributed by atoms with Crippen LogP contribution < -0.4 is 10.0 Å². The van der Waals surface area contributed by atoms with Crippen LogP contribution in [0.25, 0.3) is 0 Å². The first-order chi connectivity index (χ1) is 14.1. The molecule has 1 N–H and O–H groups in total. The largest absolute Gasteiger partial charge is 0.868 e. The van der Waals surface area contributed by atoms with Crippen LogP contribution in [0.5, 0.6) is 0 Å². The molecule has 1 unspecified atom stereocenters. The number of quaternary nitrogens is 1. The first-order valence-corrected chi connectivity index (χ1v) is 10.7. The van der Waals surface area contributed by atoms with E-state index in [1.165, 1.54) is 16.2 Å². The maximum Gasteiger partial charge on any atom is 0.240 e. The van der Waals surface area contributed by atoms with Crippen LogP contribution in [-0.2, 0) is 9.53 Å². The van der Waals surface area contributed by atoms with E-state index in [4.69, 9.17) is 4.74 Å². The van der Waals surface area contributed by atoms with Crippen molar-refractivity contribution in [2.24, 2.45) is 0 Å². The third-order valence-electron chi connectivity index (χ3n) is 5.57. The number of amides is 1. The van der Waals surface area contributed by atoms with Crippen molar-refractivity contribution in [2.75, 3.05) is 39.4 Å². The van der Waals surface area contributed by atoms with Crippen LogP contribution in [0.4, 0.5) is 0 Å². The van der Waals surface area contributed by atoms with Gasteiger partial charge in [-0.15, -0.1) is 11.3 Å². The van der Waals surface area contributed by atoms with Gasteiger partial charge >= 0.3 is 0 Å². The second-order valence-electron chi connectivity index (χ2n) is 7.47. The zero-order valence-electron chi connectivity index (χ0n) is 16.3. The van der Waals surface area contributed by atoms with Gasteiger partial charge < -0.3 is 19.6 Å². The molecule has 152 valence electrons. The topological polar surface area (TPSA) is 74.1 Å². The van der Waals surface area contributed by atoms with Crippen LogP contribution in [0.3, 0.4) is 0 Å². The molecule has 0 aliphatic carbocycles. The van der Waals surface area contributed by atoms with Crippen LogP contribution in [0.1, 0.15) is 26.8 Å². The number of rotatable bonds is 6. The molecule has 1 aromatic heterocycles. The Labute approximate surface area is 174 Å². The summed E-state index contributed by atoms with van der Waals surface area (Å²) in [5, 5.41) is 14.7. The SMILES string of the molecule is Cc1ccc(C2C(C(=O)c3cccs3)=C([O-])C(=O)N2CC[NH+]2CCOCC2)cc1. The number of nitrogens with zero attached hydrogens (tertiary/aromatic N) is 1. The summed E-state index contributed by atoms with van der Waals surface area (Å²) in [4.78, 5) is 29.4. The third-order valence-corrected chi connectivity index (χ3v) is 6.44. The number of ether oxygens (including phenoxy) is 1. The first kappa shape index (κ1) is 19.8. The molecule has 2 aliphatic heterocycles. The van der Waals surface area contributed by atoms with E-state index in [0.717, 1.165) is 30.8 Å². The van der Waals surface area contributed by atoms with Crippen LogP contribution >= 0.6 is 11.3 Å². The lowest BCUT2D eigenvalue weighted by atomic mass is 9.95. The molecule has 0 radical (unpaired) electrons. The van der Waals surface area contributed by atoms with Gasteiger partial charge in [0.05, 0.1) is 37.2 Å². The number of morpholine rings is 1. The minimum absolute atomic E-state index is 0.0679. The molecule has 2 aromatic rings. The summed E-state index contributed by atoms with van der Waals surface area (Å²) in [5.74, 6) is -1.60. The van der Waals surface area contributed by atoms with Gasteiger partial charge in [-0.2, -0.15) is 0 Å². The lowest BCUT2D eigenvalue weighted by Crippen LogP contribution is -3.14. The van der Waals surface area contributed by atoms with Crippen molar-refractivity contribution in [3.8, 4) is 0 Å². The predicted octanol–water partition coefficient (Wildman–Crippen LogP) is 0.352. The van der Waals surface area contributed by atoms with Crippen molar-refractivity contribution in [3.05, 3.63) is 69.1 Å². The van der Waals surface area contributed by atoms with Crippen LogP contribution in [0, 0.1) is 6.92 Å². The highest BCUT2D eigenvalue weighted by molar-refractivity contribution is 7.12. The fourth-order valence-electron chi connectivity index (χ4n) is 3.93. The normalized spacial score (nSPS) is 20.5. The van der Waals surface area contributed by atoms with E-state index in [1.807, 2.05) is 31.2 Å². The van der Waals surface area contributed by atoms with Gasteiger partial charge in [0, 0.05) is 5.57 Å². The van der Waals surface area contributed by atoms with Crippen LogP contribution in [0.2, 0.25) is 0 Å². The van der Waals surface area contributed by atoms with E-state index in [-0.39, 0.29) is 11.4 Å². The summed E-state index contributed by atoms with van der Waals surface area (Å²) in [6, 6.07) is 10.5. The highest BCUT2D eigenvalue weighted by Gasteiger charge is 2.40. The molecule has 0 saturated carbocycles. The lowest BCUT2D eigenvalue weighted by Gasteiger charge is -2.30. The van der Waals surface area contributed by atoms with Crippen LogP contribution in [-0.4, -0.2) is 56.0 Å². The molecule has 1 fully saturated rings. The maximum atomic E-state index is 13.1. The molecule has 0 spiro atoms. The maximum absolute atomic E-state index is 13.1. The molecule has 1 amide bonds. The highest BCUT2D eigenvalue weighted by atomic mass is 32.1. The molecule has 6 nitrogen and oxygen atoms in total. The zero-order chi connectivity index (χ0) is 20.4. The Hall–Kier alpha value is -2.48. The number of carbonyl (C=O) groups excluding carboxylic acids is 2. The van der Waals surface area contributed by atoms with E-state index in [0.29, 0.717) is 24.6 Å². The highest BCUT2D eigenvalue weighted by Crippen LogP contribution is 2.38. The molecular formula is C22H24N2O4S. The second kappa shape index (κ2) is 8.49. The van der Waals surface area contributed by atoms with Gasteiger partial charge in [0.2, 0.25) is 11.7 Å². The van der Waals surface area contributed by atoms with Gasteiger partial charge in [0.25, 0.3) is 0 Å². The van der Waals surface area contributed by atoms with E-state index >= 15 is 0 Å². The van der Waals surface area contributed by atoms with Gasteiger partial charge in [0.1, 0.15) is 13.1 Å². The number of hydrogen-bond donors (Lipinski definition) is 1. The molecule has 1 saturated heterocycles. The number of aryl methyl sites for hydroxylation is 1. The number of nitrogens with one attached hydrogen (secondary N) is 1. The van der Waals surface area contributed by atoms with E-state index in [2.05, 4.69) is 0 Å². The summed E-state index contributed by atoms with van der Waals surface area (Å²) in [5.41, 5.74) is 1.95. The Kier molecular flexibility index (Phi) is 5.80. The average molecular weight is 413 g/mol.